The average Bonchev–Trinajstić information content (AvgIpc) is 2.64. The van der Waals surface area contributed by atoms with Gasteiger partial charge < -0.3 is 9.88 Å². The lowest BCUT2D eigenvalue weighted by Gasteiger charge is -2.32. The predicted octanol–water partition coefficient (Wildman–Crippen LogP) is 0.992. The smallest absolute Gasteiger partial charge is 0.204 e. The zero-order valence-electron chi connectivity index (χ0n) is 9.29. The Morgan fingerprint density at radius 3 is 2.73 bits per heavy atom. The Hall–Kier alpha value is -1.16. The third-order valence-electron chi connectivity index (χ3n) is 3.28. The first-order chi connectivity index (χ1) is 7.13. The van der Waals surface area contributed by atoms with Crippen LogP contribution < -0.4 is 5.32 Å². The Bertz CT molecular complexity index is 364. The van der Waals surface area contributed by atoms with Gasteiger partial charge in [-0.05, 0) is 25.9 Å². The summed E-state index contributed by atoms with van der Waals surface area (Å²) in [6, 6.07) is 0. The Kier molecular flexibility index (Phi) is 2.61. The topological polar surface area (TPSA) is 46.9 Å². The lowest BCUT2D eigenvalue weighted by atomic mass is 9.77. The number of aromatic nitrogens is 2. The molecule has 0 atom stereocenters. The standard InChI is InChI=1S/C11H17N3O/c1-11(3-5-12-6-4-11)9(15)10-13-7-8-14(10)2/h7-8,12H,3-6H2,1-2H3. The second-order valence-corrected chi connectivity index (χ2v) is 4.50. The van der Waals surface area contributed by atoms with Crippen molar-refractivity contribution in [3.63, 3.8) is 0 Å². The molecule has 0 saturated carbocycles. The Morgan fingerprint density at radius 2 is 2.20 bits per heavy atom. The van der Waals surface area contributed by atoms with Crippen molar-refractivity contribution in [1.82, 2.24) is 14.9 Å². The molecule has 1 N–H and O–H groups in total. The lowest BCUT2D eigenvalue weighted by molar-refractivity contribution is 0.0747. The van der Waals surface area contributed by atoms with Gasteiger partial charge in [0.25, 0.3) is 0 Å². The number of imidazole rings is 1. The van der Waals surface area contributed by atoms with E-state index in [0.717, 1.165) is 25.9 Å². The van der Waals surface area contributed by atoms with Gasteiger partial charge in [0.1, 0.15) is 0 Å². The fraction of sp³-hybridized carbons (Fsp3) is 0.636. The van der Waals surface area contributed by atoms with Crippen LogP contribution in [0.25, 0.3) is 0 Å². The van der Waals surface area contributed by atoms with E-state index < -0.39 is 0 Å². The van der Waals surface area contributed by atoms with E-state index in [9.17, 15) is 4.79 Å². The minimum absolute atomic E-state index is 0.177. The number of piperidine rings is 1. The monoisotopic (exact) mass is 207 g/mol. The van der Waals surface area contributed by atoms with Crippen LogP contribution in [0.5, 0.6) is 0 Å². The highest BCUT2D eigenvalue weighted by molar-refractivity contribution is 5.97. The molecule has 1 saturated heterocycles. The molecule has 0 radical (unpaired) electrons. The summed E-state index contributed by atoms with van der Waals surface area (Å²) in [7, 11) is 1.87. The van der Waals surface area contributed by atoms with Crippen molar-refractivity contribution in [3.05, 3.63) is 18.2 Å². The van der Waals surface area contributed by atoms with Gasteiger partial charge >= 0.3 is 0 Å². The quantitative estimate of drug-likeness (QED) is 0.736. The molecule has 1 aromatic rings. The molecule has 4 nitrogen and oxygen atoms in total. The summed E-state index contributed by atoms with van der Waals surface area (Å²) in [4.78, 5) is 16.4. The number of aryl methyl sites for hydroxylation is 1. The highest BCUT2D eigenvalue weighted by Crippen LogP contribution is 2.31. The van der Waals surface area contributed by atoms with Crippen LogP contribution in [0.2, 0.25) is 0 Å². The maximum Gasteiger partial charge on any atom is 0.204 e. The normalized spacial score (nSPS) is 20.1. The van der Waals surface area contributed by atoms with Crippen molar-refractivity contribution >= 4 is 5.78 Å². The Labute approximate surface area is 89.7 Å². The fourth-order valence-corrected chi connectivity index (χ4v) is 2.06. The lowest BCUT2D eigenvalue weighted by Crippen LogP contribution is -2.40. The second kappa shape index (κ2) is 3.77. The first-order valence-corrected chi connectivity index (χ1v) is 5.36. The molecular formula is C11H17N3O. The number of hydrogen-bond donors (Lipinski definition) is 1. The highest BCUT2D eigenvalue weighted by Gasteiger charge is 2.36. The van der Waals surface area contributed by atoms with Crippen LogP contribution >= 0.6 is 0 Å². The molecule has 0 spiro atoms. The van der Waals surface area contributed by atoms with Crippen molar-refractivity contribution in [2.75, 3.05) is 13.1 Å². The van der Waals surface area contributed by atoms with E-state index in [1.54, 1.807) is 10.8 Å². The third-order valence-corrected chi connectivity index (χ3v) is 3.28. The van der Waals surface area contributed by atoms with Crippen molar-refractivity contribution in [2.45, 2.75) is 19.8 Å². The number of carbonyl (C=O) groups is 1. The van der Waals surface area contributed by atoms with Crippen molar-refractivity contribution in [1.29, 1.82) is 0 Å². The maximum atomic E-state index is 12.3. The molecule has 2 rings (SSSR count). The number of nitrogens with one attached hydrogen (secondary N) is 1. The number of rotatable bonds is 2. The predicted molar refractivity (Wildman–Crippen MR) is 57.7 cm³/mol. The summed E-state index contributed by atoms with van der Waals surface area (Å²) in [5.41, 5.74) is -0.232. The third kappa shape index (κ3) is 1.81. The second-order valence-electron chi connectivity index (χ2n) is 4.50. The summed E-state index contributed by atoms with van der Waals surface area (Å²) in [5.74, 6) is 0.760. The van der Waals surface area contributed by atoms with Crippen LogP contribution in [-0.4, -0.2) is 28.4 Å². The van der Waals surface area contributed by atoms with E-state index in [4.69, 9.17) is 0 Å². The van der Waals surface area contributed by atoms with E-state index in [2.05, 4.69) is 10.3 Å². The van der Waals surface area contributed by atoms with Crippen molar-refractivity contribution in [3.8, 4) is 0 Å². The zero-order chi connectivity index (χ0) is 10.9. The minimum atomic E-state index is -0.232. The minimum Gasteiger partial charge on any atom is -0.332 e. The van der Waals surface area contributed by atoms with E-state index >= 15 is 0 Å². The van der Waals surface area contributed by atoms with Gasteiger partial charge in [0, 0.05) is 24.9 Å². The van der Waals surface area contributed by atoms with Gasteiger partial charge in [-0.3, -0.25) is 4.79 Å². The molecule has 4 heteroatoms. The highest BCUT2D eigenvalue weighted by atomic mass is 16.1. The van der Waals surface area contributed by atoms with Crippen LogP contribution in [0, 0.1) is 5.41 Å². The van der Waals surface area contributed by atoms with Crippen molar-refractivity contribution in [2.24, 2.45) is 12.5 Å². The summed E-state index contributed by atoms with van der Waals surface area (Å²) >= 11 is 0. The fourth-order valence-electron chi connectivity index (χ4n) is 2.06. The molecule has 0 aliphatic carbocycles. The molecule has 0 unspecified atom stereocenters. The van der Waals surface area contributed by atoms with Crippen LogP contribution in [0.4, 0.5) is 0 Å². The number of hydrogen-bond acceptors (Lipinski definition) is 3. The first kappa shape index (κ1) is 10.4. The number of nitrogens with zero attached hydrogens (tertiary/aromatic N) is 2. The summed E-state index contributed by atoms with van der Waals surface area (Å²) in [6.45, 7) is 3.89. The van der Waals surface area contributed by atoms with Gasteiger partial charge in [-0.1, -0.05) is 6.92 Å². The van der Waals surface area contributed by atoms with Crippen LogP contribution in [-0.2, 0) is 7.05 Å². The molecule has 2 heterocycles. The average molecular weight is 207 g/mol. The molecule has 0 amide bonds. The number of Topliss-reactive ketones (excluding diaryl/α,β-unsaturated/α-hetero) is 1. The molecule has 1 aliphatic rings. The van der Waals surface area contributed by atoms with Gasteiger partial charge in [-0.15, -0.1) is 0 Å². The molecule has 1 aromatic heterocycles. The molecule has 82 valence electrons. The summed E-state index contributed by atoms with van der Waals surface area (Å²) in [5, 5.41) is 3.28. The van der Waals surface area contributed by atoms with E-state index in [0.29, 0.717) is 5.82 Å². The first-order valence-electron chi connectivity index (χ1n) is 5.36. The molecule has 15 heavy (non-hydrogen) atoms. The van der Waals surface area contributed by atoms with Crippen LogP contribution in [0.15, 0.2) is 12.4 Å². The van der Waals surface area contributed by atoms with E-state index in [1.165, 1.54) is 0 Å². The number of ketones is 1. The van der Waals surface area contributed by atoms with Gasteiger partial charge in [-0.25, -0.2) is 4.98 Å². The van der Waals surface area contributed by atoms with Crippen LogP contribution in [0.1, 0.15) is 30.4 Å². The van der Waals surface area contributed by atoms with Crippen LogP contribution in [0.3, 0.4) is 0 Å². The van der Waals surface area contributed by atoms with Gasteiger partial charge in [0.2, 0.25) is 5.78 Å². The SMILES string of the molecule is Cn1ccnc1C(=O)C1(C)CCNCC1. The Morgan fingerprint density at radius 1 is 1.53 bits per heavy atom. The summed E-state index contributed by atoms with van der Waals surface area (Å²) < 4.78 is 1.80. The molecule has 1 fully saturated rings. The zero-order valence-corrected chi connectivity index (χ0v) is 9.29. The Balaban J connectivity index is 2.23. The number of carbonyl (C=O) groups excluding carboxylic acids is 1. The maximum absolute atomic E-state index is 12.3. The van der Waals surface area contributed by atoms with E-state index in [-0.39, 0.29) is 11.2 Å². The summed E-state index contributed by atoms with van der Waals surface area (Å²) in [6.07, 6.45) is 5.30. The molecular weight excluding hydrogens is 190 g/mol. The molecule has 1 aliphatic heterocycles. The van der Waals surface area contributed by atoms with Gasteiger partial charge in [-0.2, -0.15) is 0 Å². The van der Waals surface area contributed by atoms with E-state index in [1.807, 2.05) is 20.2 Å². The van der Waals surface area contributed by atoms with Gasteiger partial charge in [0.05, 0.1) is 0 Å². The van der Waals surface area contributed by atoms with Crippen molar-refractivity contribution < 1.29 is 4.79 Å². The molecule has 0 bridgehead atoms. The van der Waals surface area contributed by atoms with Gasteiger partial charge in [0.15, 0.2) is 5.82 Å². The molecule has 0 aromatic carbocycles. The largest absolute Gasteiger partial charge is 0.332 e.